The normalized spacial score (nSPS) is 16.5. The number of nitrogens with two attached hydrogens (primary N) is 2. The van der Waals surface area contributed by atoms with Gasteiger partial charge in [0.05, 0.1) is 59.1 Å². The highest BCUT2D eigenvalue weighted by Gasteiger charge is 2.34. The lowest BCUT2D eigenvalue weighted by Crippen LogP contribution is -2.43. The molecule has 0 saturated carbocycles. The van der Waals surface area contributed by atoms with Crippen LogP contribution in [0.25, 0.3) is 33.0 Å². The minimum Gasteiger partial charge on any atom is -0.389 e. The van der Waals surface area contributed by atoms with Crippen molar-refractivity contribution in [1.29, 1.82) is 0 Å². The summed E-state index contributed by atoms with van der Waals surface area (Å²) in [6, 6.07) is 8.09. The Labute approximate surface area is 269 Å². The topological polar surface area (TPSA) is 161 Å². The third-order valence-electron chi connectivity index (χ3n) is 8.98. The van der Waals surface area contributed by atoms with Crippen LogP contribution >= 0.6 is 0 Å². The van der Waals surface area contributed by atoms with E-state index < -0.39 is 17.2 Å². The molecule has 6 rings (SSSR count). The number of ether oxygens (including phenoxy) is 3. The zero-order chi connectivity index (χ0) is 32.8. The molecule has 246 valence electrons. The average molecular weight is 631 g/mol. The predicted octanol–water partition coefficient (Wildman–Crippen LogP) is 4.52. The second-order valence-corrected chi connectivity index (χ2v) is 13.4. The quantitative estimate of drug-likeness (QED) is 0.167. The number of aryl methyl sites for hydroxylation is 1. The first kappa shape index (κ1) is 32.3. The number of methoxy groups -OCH3 is 1. The van der Waals surface area contributed by atoms with Gasteiger partial charge in [0.1, 0.15) is 29.7 Å². The summed E-state index contributed by atoms with van der Waals surface area (Å²) in [5, 5.41) is 11.8. The maximum atomic E-state index is 10.8. The van der Waals surface area contributed by atoms with Crippen LogP contribution in [0.3, 0.4) is 0 Å². The van der Waals surface area contributed by atoms with Crippen LogP contribution in [0.5, 0.6) is 0 Å². The highest BCUT2D eigenvalue weighted by Crippen LogP contribution is 2.39. The van der Waals surface area contributed by atoms with Crippen LogP contribution in [0, 0.1) is 0 Å². The van der Waals surface area contributed by atoms with Crippen LogP contribution < -0.4 is 11.5 Å². The monoisotopic (exact) mass is 630 g/mol. The number of pyridine rings is 2. The SMILES string of the molecule is CCOCc1nc2c(N)nc3c(c2n1CC(C)(C)O)CCCC3OCCn1cnc2c(C(C)(C)C(N)OC)nc3ccccc3c21. The van der Waals surface area contributed by atoms with Crippen molar-refractivity contribution < 1.29 is 19.3 Å². The maximum Gasteiger partial charge on any atom is 0.152 e. The Morgan fingerprint density at radius 2 is 1.87 bits per heavy atom. The smallest absolute Gasteiger partial charge is 0.152 e. The number of hydrogen-bond donors (Lipinski definition) is 3. The number of para-hydroxylation sites is 1. The van der Waals surface area contributed by atoms with Crippen LogP contribution in [0.4, 0.5) is 5.82 Å². The van der Waals surface area contributed by atoms with Gasteiger partial charge in [-0.15, -0.1) is 0 Å². The first-order valence-electron chi connectivity index (χ1n) is 16.1. The number of anilines is 1. The molecule has 0 radical (unpaired) electrons. The van der Waals surface area contributed by atoms with E-state index in [0.717, 1.165) is 69.5 Å². The van der Waals surface area contributed by atoms with Gasteiger partial charge in [-0.2, -0.15) is 0 Å². The zero-order valence-electron chi connectivity index (χ0n) is 27.7. The fraction of sp³-hybridized carbons (Fsp3) is 0.529. The fourth-order valence-electron chi connectivity index (χ4n) is 6.62. The lowest BCUT2D eigenvalue weighted by molar-refractivity contribution is 0.0334. The Kier molecular flexibility index (Phi) is 8.77. The molecular formula is C34H46N8O4. The summed E-state index contributed by atoms with van der Waals surface area (Å²) in [6.07, 6.45) is 3.68. The van der Waals surface area contributed by atoms with E-state index in [1.807, 2.05) is 45.3 Å². The number of hydrogen-bond acceptors (Lipinski definition) is 10. The minimum atomic E-state index is -0.957. The van der Waals surface area contributed by atoms with Crippen LogP contribution in [0.2, 0.25) is 0 Å². The standard InChI is InChI=1S/C34H46N8O4/c1-7-45-17-24-39-27-29(42(24)18-33(2,3)43)21-12-10-14-23(25(21)40-31(27)35)46-16-15-41-19-37-26-28(41)20-11-8-9-13-22(20)38-30(26)34(4,5)32(36)44-6/h8-9,11,13,19,23,32,43H,7,10,12,14-18,36H2,1-6H3,(H2,35,40). The molecule has 2 atom stereocenters. The van der Waals surface area contributed by atoms with Gasteiger partial charge in [-0.3, -0.25) is 0 Å². The van der Waals surface area contributed by atoms with E-state index in [2.05, 4.69) is 15.2 Å². The number of aromatic nitrogens is 6. The molecule has 5 N–H and O–H groups in total. The molecule has 0 aliphatic heterocycles. The third kappa shape index (κ3) is 5.84. The number of nitrogens with zero attached hydrogens (tertiary/aromatic N) is 6. The molecule has 0 bridgehead atoms. The zero-order valence-corrected chi connectivity index (χ0v) is 27.7. The van der Waals surface area contributed by atoms with Crippen molar-refractivity contribution in [3.8, 4) is 0 Å². The number of fused-ring (bicyclic) bond motifs is 6. The van der Waals surface area contributed by atoms with Crippen molar-refractivity contribution in [2.45, 2.75) is 96.9 Å². The molecule has 46 heavy (non-hydrogen) atoms. The van der Waals surface area contributed by atoms with Crippen molar-refractivity contribution in [3.63, 3.8) is 0 Å². The summed E-state index contributed by atoms with van der Waals surface area (Å²) in [5.41, 5.74) is 18.3. The van der Waals surface area contributed by atoms with E-state index in [1.54, 1.807) is 21.0 Å². The van der Waals surface area contributed by atoms with Crippen molar-refractivity contribution >= 4 is 38.8 Å². The van der Waals surface area contributed by atoms with Gasteiger partial charge in [-0.25, -0.2) is 19.9 Å². The molecule has 12 heteroatoms. The van der Waals surface area contributed by atoms with E-state index >= 15 is 0 Å². The fourth-order valence-corrected chi connectivity index (χ4v) is 6.62. The van der Waals surface area contributed by atoms with Gasteiger partial charge >= 0.3 is 0 Å². The summed E-state index contributed by atoms with van der Waals surface area (Å²) in [7, 11) is 1.61. The van der Waals surface area contributed by atoms with E-state index in [0.29, 0.717) is 44.2 Å². The molecule has 12 nitrogen and oxygen atoms in total. The summed E-state index contributed by atoms with van der Waals surface area (Å²) < 4.78 is 22.0. The van der Waals surface area contributed by atoms with Crippen LogP contribution in [-0.2, 0) is 45.7 Å². The van der Waals surface area contributed by atoms with Gasteiger partial charge in [-0.1, -0.05) is 32.0 Å². The van der Waals surface area contributed by atoms with Crippen molar-refractivity contribution in [2.24, 2.45) is 5.73 Å². The predicted molar refractivity (Wildman–Crippen MR) is 178 cm³/mol. The van der Waals surface area contributed by atoms with Gasteiger partial charge in [0, 0.05) is 36.6 Å². The molecule has 0 amide bonds. The number of aliphatic hydroxyl groups is 1. The molecule has 0 saturated heterocycles. The van der Waals surface area contributed by atoms with E-state index in [9.17, 15) is 5.11 Å². The van der Waals surface area contributed by atoms with E-state index in [-0.39, 0.29) is 6.10 Å². The largest absolute Gasteiger partial charge is 0.389 e. The Morgan fingerprint density at radius 3 is 2.61 bits per heavy atom. The molecule has 1 aliphatic rings. The van der Waals surface area contributed by atoms with E-state index in [1.165, 1.54) is 0 Å². The minimum absolute atomic E-state index is 0.223. The van der Waals surface area contributed by atoms with Gasteiger partial charge in [0.2, 0.25) is 0 Å². The lowest BCUT2D eigenvalue weighted by atomic mass is 9.85. The van der Waals surface area contributed by atoms with Gasteiger partial charge in [0.25, 0.3) is 0 Å². The van der Waals surface area contributed by atoms with Gasteiger partial charge < -0.3 is 39.9 Å². The van der Waals surface area contributed by atoms with Crippen molar-refractivity contribution in [3.05, 3.63) is 53.4 Å². The van der Waals surface area contributed by atoms with Crippen LogP contribution in [0.1, 0.15) is 76.3 Å². The number of benzene rings is 1. The van der Waals surface area contributed by atoms with Gasteiger partial charge in [-0.05, 0) is 46.1 Å². The summed E-state index contributed by atoms with van der Waals surface area (Å²) in [4.78, 5) is 19.5. The first-order valence-corrected chi connectivity index (χ1v) is 16.1. The first-order chi connectivity index (χ1) is 21.9. The maximum absolute atomic E-state index is 10.8. The van der Waals surface area contributed by atoms with Crippen molar-refractivity contribution in [1.82, 2.24) is 29.1 Å². The summed E-state index contributed by atoms with van der Waals surface area (Å²) in [6.45, 7) is 11.9. The van der Waals surface area contributed by atoms with Crippen molar-refractivity contribution in [2.75, 3.05) is 26.1 Å². The molecule has 5 aromatic rings. The number of nitrogen functional groups attached to an aromatic ring is 1. The Balaban J connectivity index is 1.33. The third-order valence-corrected chi connectivity index (χ3v) is 8.98. The molecule has 1 aromatic carbocycles. The molecule has 4 aromatic heterocycles. The molecule has 2 unspecified atom stereocenters. The lowest BCUT2D eigenvalue weighted by Gasteiger charge is -2.30. The van der Waals surface area contributed by atoms with Crippen LogP contribution in [0.15, 0.2) is 30.6 Å². The highest BCUT2D eigenvalue weighted by molar-refractivity contribution is 6.03. The molecule has 0 fully saturated rings. The number of imidazole rings is 2. The number of rotatable bonds is 12. The van der Waals surface area contributed by atoms with E-state index in [4.69, 9.17) is 45.6 Å². The Bertz CT molecular complexity index is 1870. The molecule has 1 aliphatic carbocycles. The van der Waals surface area contributed by atoms with Crippen LogP contribution in [-0.4, -0.2) is 66.3 Å². The second kappa shape index (κ2) is 12.5. The average Bonchev–Trinajstić information content (AvgIpc) is 3.61. The highest BCUT2D eigenvalue weighted by atomic mass is 16.5. The Morgan fingerprint density at radius 1 is 1.09 bits per heavy atom. The summed E-state index contributed by atoms with van der Waals surface area (Å²) >= 11 is 0. The summed E-state index contributed by atoms with van der Waals surface area (Å²) in [5.74, 6) is 1.09. The molecular weight excluding hydrogens is 584 g/mol. The Hall–Kier alpha value is -3.68. The second-order valence-electron chi connectivity index (χ2n) is 13.4. The van der Waals surface area contributed by atoms with Gasteiger partial charge in [0.15, 0.2) is 5.82 Å². The molecule has 0 spiro atoms. The molecule has 4 heterocycles.